The number of anilines is 2. The molecule has 0 atom stereocenters. The number of alkyl halides is 1. The van der Waals surface area contributed by atoms with Gasteiger partial charge in [0.05, 0.1) is 11.6 Å². The zero-order chi connectivity index (χ0) is 11.5. The third kappa shape index (κ3) is 2.28. The Labute approximate surface area is 103 Å². The van der Waals surface area contributed by atoms with Crippen LogP contribution in [-0.4, -0.2) is 17.1 Å². The minimum absolute atomic E-state index is 0.262. The van der Waals surface area contributed by atoms with Gasteiger partial charge in [-0.3, -0.25) is 0 Å². The molecular formula is C11H11ClN2OS. The molecule has 0 saturated carbocycles. The van der Waals surface area contributed by atoms with Crippen LogP contribution in [0.15, 0.2) is 29.6 Å². The molecule has 0 fully saturated rings. The lowest BCUT2D eigenvalue weighted by Crippen LogP contribution is -2.08. The average molecular weight is 255 g/mol. The van der Waals surface area contributed by atoms with E-state index in [4.69, 9.17) is 11.6 Å². The number of aromatic nitrogens is 1. The molecule has 2 aromatic rings. The largest absolute Gasteiger partial charge is 0.508 e. The van der Waals surface area contributed by atoms with Crippen molar-refractivity contribution in [3.63, 3.8) is 0 Å². The Balaban J connectivity index is 2.24. The number of rotatable bonds is 3. The van der Waals surface area contributed by atoms with Gasteiger partial charge in [-0.05, 0) is 24.3 Å². The van der Waals surface area contributed by atoms with E-state index in [0.29, 0.717) is 5.88 Å². The number of halogens is 1. The highest BCUT2D eigenvalue weighted by atomic mass is 35.5. The molecule has 0 aliphatic heterocycles. The van der Waals surface area contributed by atoms with E-state index in [1.807, 2.05) is 29.5 Å². The summed E-state index contributed by atoms with van der Waals surface area (Å²) >= 11 is 7.25. The first-order valence-corrected chi connectivity index (χ1v) is 6.15. The summed E-state index contributed by atoms with van der Waals surface area (Å²) in [5.74, 6) is 0.692. The van der Waals surface area contributed by atoms with E-state index in [2.05, 4.69) is 4.98 Å². The molecule has 1 N–H and O–H groups in total. The molecule has 1 aromatic carbocycles. The summed E-state index contributed by atoms with van der Waals surface area (Å²) in [4.78, 5) is 6.34. The Hall–Kier alpha value is -1.26. The van der Waals surface area contributed by atoms with E-state index in [1.165, 1.54) is 0 Å². The molecule has 3 nitrogen and oxygen atoms in total. The van der Waals surface area contributed by atoms with Gasteiger partial charge < -0.3 is 10.0 Å². The fourth-order valence-electron chi connectivity index (χ4n) is 1.30. The van der Waals surface area contributed by atoms with Crippen molar-refractivity contribution in [2.45, 2.75) is 5.88 Å². The lowest BCUT2D eigenvalue weighted by molar-refractivity contribution is 0.475. The van der Waals surface area contributed by atoms with E-state index in [-0.39, 0.29) is 5.75 Å². The number of benzene rings is 1. The maximum atomic E-state index is 9.20. The SMILES string of the molecule is CN(c1ccc(O)cc1)c1nc(CCl)cs1. The van der Waals surface area contributed by atoms with Crippen LogP contribution in [0.5, 0.6) is 5.75 Å². The summed E-state index contributed by atoms with van der Waals surface area (Å²) in [7, 11) is 1.93. The van der Waals surface area contributed by atoms with Crippen LogP contribution >= 0.6 is 22.9 Å². The second-order valence-corrected chi connectivity index (χ2v) is 4.43. The third-order valence-corrected chi connectivity index (χ3v) is 3.44. The van der Waals surface area contributed by atoms with Crippen LogP contribution in [0.1, 0.15) is 5.69 Å². The highest BCUT2D eigenvalue weighted by Crippen LogP contribution is 2.28. The van der Waals surface area contributed by atoms with Crippen molar-refractivity contribution in [3.05, 3.63) is 35.3 Å². The third-order valence-electron chi connectivity index (χ3n) is 2.20. The molecule has 16 heavy (non-hydrogen) atoms. The quantitative estimate of drug-likeness (QED) is 0.854. The Bertz CT molecular complexity index is 469. The van der Waals surface area contributed by atoms with E-state index in [0.717, 1.165) is 16.5 Å². The van der Waals surface area contributed by atoms with Crippen molar-refractivity contribution >= 4 is 33.8 Å². The van der Waals surface area contributed by atoms with Crippen molar-refractivity contribution in [1.29, 1.82) is 0 Å². The predicted octanol–water partition coefficient (Wildman–Crippen LogP) is 3.36. The van der Waals surface area contributed by atoms with E-state index < -0.39 is 0 Å². The van der Waals surface area contributed by atoms with Crippen molar-refractivity contribution in [2.24, 2.45) is 0 Å². The van der Waals surface area contributed by atoms with Crippen LogP contribution in [0.25, 0.3) is 0 Å². The number of hydrogen-bond acceptors (Lipinski definition) is 4. The number of thiazole rings is 1. The highest BCUT2D eigenvalue weighted by Gasteiger charge is 2.08. The molecule has 0 amide bonds. The number of aromatic hydroxyl groups is 1. The molecule has 0 radical (unpaired) electrons. The van der Waals surface area contributed by atoms with E-state index in [1.54, 1.807) is 23.5 Å². The smallest absolute Gasteiger partial charge is 0.189 e. The summed E-state index contributed by atoms with van der Waals surface area (Å²) in [6, 6.07) is 7.00. The van der Waals surface area contributed by atoms with Gasteiger partial charge in [-0.25, -0.2) is 4.98 Å². The zero-order valence-electron chi connectivity index (χ0n) is 8.72. The molecule has 0 unspecified atom stereocenters. The number of nitrogens with zero attached hydrogens (tertiary/aromatic N) is 2. The van der Waals surface area contributed by atoms with Gasteiger partial charge in [0, 0.05) is 18.1 Å². The molecule has 0 saturated heterocycles. The fourth-order valence-corrected chi connectivity index (χ4v) is 2.34. The molecule has 1 aromatic heterocycles. The summed E-state index contributed by atoms with van der Waals surface area (Å²) in [6.45, 7) is 0. The van der Waals surface area contributed by atoms with Crippen LogP contribution in [0.4, 0.5) is 10.8 Å². The highest BCUT2D eigenvalue weighted by molar-refractivity contribution is 7.13. The second-order valence-electron chi connectivity index (χ2n) is 3.33. The Morgan fingerprint density at radius 3 is 2.62 bits per heavy atom. The summed E-state index contributed by atoms with van der Waals surface area (Å²) in [5.41, 5.74) is 1.86. The standard InChI is InChI=1S/C11H11ClN2OS/c1-14(9-2-4-10(15)5-3-9)11-13-8(6-12)7-16-11/h2-5,7,15H,6H2,1H3. The maximum Gasteiger partial charge on any atom is 0.189 e. The van der Waals surface area contributed by atoms with Crippen molar-refractivity contribution in [2.75, 3.05) is 11.9 Å². The monoisotopic (exact) mass is 254 g/mol. The van der Waals surface area contributed by atoms with Gasteiger partial charge in [-0.1, -0.05) is 0 Å². The first kappa shape index (κ1) is 11.2. The van der Waals surface area contributed by atoms with Crippen molar-refractivity contribution in [1.82, 2.24) is 4.98 Å². The number of hydrogen-bond donors (Lipinski definition) is 1. The molecule has 5 heteroatoms. The Morgan fingerprint density at radius 1 is 1.38 bits per heavy atom. The first-order valence-electron chi connectivity index (χ1n) is 4.74. The van der Waals surface area contributed by atoms with Gasteiger partial charge in [0.15, 0.2) is 5.13 Å². The zero-order valence-corrected chi connectivity index (χ0v) is 10.3. The fraction of sp³-hybridized carbons (Fsp3) is 0.182. The van der Waals surface area contributed by atoms with Crippen molar-refractivity contribution in [3.8, 4) is 5.75 Å². The van der Waals surface area contributed by atoms with Gasteiger partial charge in [0.2, 0.25) is 0 Å². The lowest BCUT2D eigenvalue weighted by atomic mass is 10.3. The molecule has 84 valence electrons. The number of phenolic OH excluding ortho intramolecular Hbond substituents is 1. The van der Waals surface area contributed by atoms with Gasteiger partial charge in [0.25, 0.3) is 0 Å². The van der Waals surface area contributed by atoms with E-state index in [9.17, 15) is 5.11 Å². The lowest BCUT2D eigenvalue weighted by Gasteiger charge is -2.15. The molecule has 0 aliphatic rings. The summed E-state index contributed by atoms with van der Waals surface area (Å²) in [5, 5.41) is 12.0. The summed E-state index contributed by atoms with van der Waals surface area (Å²) in [6.07, 6.45) is 0. The van der Waals surface area contributed by atoms with Crippen LogP contribution in [0, 0.1) is 0 Å². The van der Waals surface area contributed by atoms with Crippen molar-refractivity contribution < 1.29 is 5.11 Å². The minimum atomic E-state index is 0.262. The topological polar surface area (TPSA) is 36.4 Å². The van der Waals surface area contributed by atoms with Crippen LogP contribution in [-0.2, 0) is 5.88 Å². The maximum absolute atomic E-state index is 9.20. The molecule has 0 aliphatic carbocycles. The minimum Gasteiger partial charge on any atom is -0.508 e. The molecule has 0 bridgehead atoms. The van der Waals surface area contributed by atoms with Crippen LogP contribution < -0.4 is 4.90 Å². The predicted molar refractivity (Wildman–Crippen MR) is 67.8 cm³/mol. The molecule has 0 spiro atoms. The van der Waals surface area contributed by atoms with Crippen LogP contribution in [0.3, 0.4) is 0 Å². The Morgan fingerprint density at radius 2 is 2.06 bits per heavy atom. The number of phenols is 1. The summed E-state index contributed by atoms with van der Waals surface area (Å²) < 4.78 is 0. The van der Waals surface area contributed by atoms with Crippen LogP contribution in [0.2, 0.25) is 0 Å². The normalized spacial score (nSPS) is 10.4. The van der Waals surface area contributed by atoms with E-state index >= 15 is 0 Å². The van der Waals surface area contributed by atoms with Gasteiger partial charge in [0.1, 0.15) is 5.75 Å². The molecule has 1 heterocycles. The average Bonchev–Trinajstić information content (AvgIpc) is 2.77. The van der Waals surface area contributed by atoms with Gasteiger partial charge >= 0.3 is 0 Å². The molecule has 2 rings (SSSR count). The molecular weight excluding hydrogens is 244 g/mol. The first-order chi connectivity index (χ1) is 7.70. The Kier molecular flexibility index (Phi) is 3.31. The second kappa shape index (κ2) is 4.72. The van der Waals surface area contributed by atoms with Gasteiger partial charge in [-0.15, -0.1) is 22.9 Å². The van der Waals surface area contributed by atoms with Gasteiger partial charge in [-0.2, -0.15) is 0 Å².